The van der Waals surface area contributed by atoms with Crippen molar-refractivity contribution in [3.63, 3.8) is 0 Å². The summed E-state index contributed by atoms with van der Waals surface area (Å²) in [5.41, 5.74) is 1.60. The Balaban J connectivity index is 2.26. The fourth-order valence-corrected chi connectivity index (χ4v) is 1.74. The van der Waals surface area contributed by atoms with Crippen molar-refractivity contribution in [2.75, 3.05) is 18.5 Å². The number of ether oxygens (including phenoxy) is 1. The smallest absolute Gasteiger partial charge is 0.119 e. The van der Waals surface area contributed by atoms with Crippen molar-refractivity contribution in [3.05, 3.63) is 24.3 Å². The van der Waals surface area contributed by atoms with E-state index >= 15 is 0 Å². The van der Waals surface area contributed by atoms with E-state index in [0.29, 0.717) is 5.41 Å². The highest BCUT2D eigenvalue weighted by Gasteiger charge is 2.08. The van der Waals surface area contributed by atoms with Crippen LogP contribution in [0.1, 0.15) is 47.0 Å². The molecule has 0 aromatic heterocycles. The van der Waals surface area contributed by atoms with Crippen molar-refractivity contribution in [3.8, 4) is 5.75 Å². The molecule has 0 amide bonds. The molecule has 0 aliphatic rings. The Kier molecular flexibility index (Phi) is 6.03. The van der Waals surface area contributed by atoms with E-state index in [1.165, 1.54) is 18.5 Å². The molecular formula is C16H27NO. The van der Waals surface area contributed by atoms with Gasteiger partial charge in [0.25, 0.3) is 0 Å². The van der Waals surface area contributed by atoms with Gasteiger partial charge >= 0.3 is 0 Å². The predicted molar refractivity (Wildman–Crippen MR) is 79.4 cm³/mol. The van der Waals surface area contributed by atoms with Crippen LogP contribution in [0.4, 0.5) is 5.69 Å². The third kappa shape index (κ3) is 6.53. The van der Waals surface area contributed by atoms with Crippen molar-refractivity contribution in [2.45, 2.75) is 47.0 Å². The molecule has 102 valence electrons. The lowest BCUT2D eigenvalue weighted by Crippen LogP contribution is -2.09. The topological polar surface area (TPSA) is 21.3 Å². The van der Waals surface area contributed by atoms with Crippen LogP contribution in [0.2, 0.25) is 0 Å². The van der Waals surface area contributed by atoms with Gasteiger partial charge in [-0.2, -0.15) is 0 Å². The highest BCUT2D eigenvalue weighted by Crippen LogP contribution is 2.21. The summed E-state index contributed by atoms with van der Waals surface area (Å²) < 4.78 is 5.55. The minimum atomic E-state index is 0.430. The second-order valence-corrected chi connectivity index (χ2v) is 5.96. The highest BCUT2D eigenvalue weighted by molar-refractivity contribution is 5.46. The van der Waals surface area contributed by atoms with E-state index < -0.39 is 0 Å². The third-order valence-electron chi connectivity index (χ3n) is 2.76. The van der Waals surface area contributed by atoms with Crippen molar-refractivity contribution in [1.82, 2.24) is 0 Å². The first-order chi connectivity index (χ1) is 8.51. The van der Waals surface area contributed by atoms with Gasteiger partial charge in [-0.25, -0.2) is 0 Å². The quantitative estimate of drug-likeness (QED) is 0.706. The molecule has 0 aliphatic heterocycles. The predicted octanol–water partition coefficient (Wildman–Crippen LogP) is 4.71. The van der Waals surface area contributed by atoms with E-state index in [1.807, 2.05) is 12.1 Å². The lowest BCUT2D eigenvalue weighted by atomic mass is 9.91. The van der Waals surface area contributed by atoms with Gasteiger partial charge in [0.1, 0.15) is 5.75 Å². The normalized spacial score (nSPS) is 11.3. The van der Waals surface area contributed by atoms with Crippen molar-refractivity contribution in [1.29, 1.82) is 0 Å². The molecule has 1 N–H and O–H groups in total. The maximum Gasteiger partial charge on any atom is 0.119 e. The molecule has 2 nitrogen and oxygen atoms in total. The first kappa shape index (κ1) is 14.9. The van der Waals surface area contributed by atoms with Crippen LogP contribution in [0.25, 0.3) is 0 Å². The van der Waals surface area contributed by atoms with Crippen LogP contribution in [0.3, 0.4) is 0 Å². The van der Waals surface area contributed by atoms with Crippen molar-refractivity contribution < 1.29 is 4.74 Å². The average Bonchev–Trinajstić information content (AvgIpc) is 2.32. The van der Waals surface area contributed by atoms with E-state index in [4.69, 9.17) is 4.74 Å². The Hall–Kier alpha value is -1.18. The summed E-state index contributed by atoms with van der Waals surface area (Å²) >= 11 is 0. The van der Waals surface area contributed by atoms with E-state index in [9.17, 15) is 0 Å². The second kappa shape index (κ2) is 7.30. The van der Waals surface area contributed by atoms with Gasteiger partial charge in [-0.15, -0.1) is 0 Å². The molecule has 0 spiro atoms. The number of hydrogen-bond acceptors (Lipinski definition) is 2. The summed E-state index contributed by atoms with van der Waals surface area (Å²) in [6.07, 6.45) is 3.50. The molecular weight excluding hydrogens is 222 g/mol. The molecule has 0 saturated heterocycles. The van der Waals surface area contributed by atoms with Gasteiger partial charge < -0.3 is 10.1 Å². The summed E-state index contributed by atoms with van der Waals surface area (Å²) in [5, 5.41) is 3.44. The van der Waals surface area contributed by atoms with Crippen LogP contribution >= 0.6 is 0 Å². The summed E-state index contributed by atoms with van der Waals surface area (Å²) in [4.78, 5) is 0. The van der Waals surface area contributed by atoms with E-state index in [2.05, 4.69) is 45.1 Å². The lowest BCUT2D eigenvalue weighted by molar-refractivity contribution is 0.317. The van der Waals surface area contributed by atoms with Gasteiger partial charge in [0.15, 0.2) is 0 Å². The average molecular weight is 249 g/mol. The Morgan fingerprint density at radius 1 is 1.11 bits per heavy atom. The van der Waals surface area contributed by atoms with Gasteiger partial charge in [-0.05, 0) is 48.9 Å². The van der Waals surface area contributed by atoms with Gasteiger partial charge in [-0.3, -0.25) is 0 Å². The summed E-state index contributed by atoms with van der Waals surface area (Å²) in [7, 11) is 0. The van der Waals surface area contributed by atoms with E-state index in [-0.39, 0.29) is 0 Å². The van der Waals surface area contributed by atoms with E-state index in [0.717, 1.165) is 25.3 Å². The third-order valence-corrected chi connectivity index (χ3v) is 2.76. The number of anilines is 1. The molecule has 0 saturated carbocycles. The van der Waals surface area contributed by atoms with Crippen LogP contribution in [-0.2, 0) is 0 Å². The van der Waals surface area contributed by atoms with Crippen LogP contribution in [0, 0.1) is 5.41 Å². The van der Waals surface area contributed by atoms with Crippen LogP contribution in [-0.4, -0.2) is 13.2 Å². The zero-order valence-electron chi connectivity index (χ0n) is 12.3. The largest absolute Gasteiger partial charge is 0.494 e. The molecule has 0 radical (unpaired) electrons. The standard InChI is InChI=1S/C16H27NO/c1-5-13-18-15-9-7-14(8-10-15)17-12-6-11-16(2,3)4/h7-10,17H,5-6,11-13H2,1-4H3. The lowest BCUT2D eigenvalue weighted by Gasteiger charge is -2.18. The molecule has 0 fully saturated rings. The molecule has 0 unspecified atom stereocenters. The summed E-state index contributed by atoms with van der Waals surface area (Å²) in [5.74, 6) is 0.956. The molecule has 1 rings (SSSR count). The Bertz CT molecular complexity index is 324. The first-order valence-electron chi connectivity index (χ1n) is 6.98. The summed E-state index contributed by atoms with van der Waals surface area (Å²) in [6.45, 7) is 10.8. The Morgan fingerprint density at radius 3 is 2.33 bits per heavy atom. The molecule has 1 aromatic carbocycles. The minimum absolute atomic E-state index is 0.430. The number of hydrogen-bond donors (Lipinski definition) is 1. The molecule has 0 bridgehead atoms. The molecule has 18 heavy (non-hydrogen) atoms. The molecule has 0 atom stereocenters. The van der Waals surface area contributed by atoms with Crippen LogP contribution in [0.5, 0.6) is 5.75 Å². The van der Waals surface area contributed by atoms with Gasteiger partial charge in [0, 0.05) is 12.2 Å². The monoisotopic (exact) mass is 249 g/mol. The summed E-state index contributed by atoms with van der Waals surface area (Å²) in [6, 6.07) is 8.23. The zero-order valence-corrected chi connectivity index (χ0v) is 12.3. The fraction of sp³-hybridized carbons (Fsp3) is 0.625. The molecule has 2 heteroatoms. The maximum absolute atomic E-state index is 5.55. The van der Waals surface area contributed by atoms with E-state index in [1.54, 1.807) is 0 Å². The van der Waals surface area contributed by atoms with Crippen LogP contribution in [0.15, 0.2) is 24.3 Å². The van der Waals surface area contributed by atoms with Gasteiger partial charge in [0.2, 0.25) is 0 Å². The molecule has 0 aliphatic carbocycles. The van der Waals surface area contributed by atoms with Crippen molar-refractivity contribution in [2.24, 2.45) is 5.41 Å². The maximum atomic E-state index is 5.55. The number of benzene rings is 1. The first-order valence-corrected chi connectivity index (χ1v) is 6.98. The van der Waals surface area contributed by atoms with Crippen molar-refractivity contribution >= 4 is 5.69 Å². The highest BCUT2D eigenvalue weighted by atomic mass is 16.5. The van der Waals surface area contributed by atoms with Gasteiger partial charge in [-0.1, -0.05) is 27.7 Å². The fourth-order valence-electron chi connectivity index (χ4n) is 1.74. The van der Waals surface area contributed by atoms with Gasteiger partial charge in [0.05, 0.1) is 6.61 Å². The zero-order chi connectivity index (χ0) is 13.4. The molecule has 1 aromatic rings. The SMILES string of the molecule is CCCOc1ccc(NCCCC(C)(C)C)cc1. The number of nitrogens with one attached hydrogen (secondary N) is 1. The number of rotatable bonds is 7. The Labute approximate surface area is 112 Å². The van der Waals surface area contributed by atoms with Crippen LogP contribution < -0.4 is 10.1 Å². The minimum Gasteiger partial charge on any atom is -0.494 e. The molecule has 0 heterocycles. The second-order valence-electron chi connectivity index (χ2n) is 5.96. The Morgan fingerprint density at radius 2 is 1.78 bits per heavy atom.